The molecule has 0 atom stereocenters. The van der Waals surface area contributed by atoms with Crippen LogP contribution in [-0.2, 0) is 19.4 Å². The van der Waals surface area contributed by atoms with E-state index in [2.05, 4.69) is 9.39 Å². The number of carbonyl (C=O) groups excluding carboxylic acids is 2. The zero-order valence-electron chi connectivity index (χ0n) is 17.6. The molecule has 0 aliphatic carbocycles. The number of amidine groups is 3. The topological polar surface area (TPSA) is 142 Å². The van der Waals surface area contributed by atoms with E-state index in [0.717, 1.165) is 16.8 Å². The molecular formula is C21H18N4O6S2. The second-order valence-corrected chi connectivity index (χ2v) is 9.71. The molecule has 0 bridgehead atoms. The van der Waals surface area contributed by atoms with Crippen LogP contribution in [0.3, 0.4) is 0 Å². The van der Waals surface area contributed by atoms with Gasteiger partial charge in [0, 0.05) is 5.56 Å². The molecule has 12 heteroatoms. The minimum atomic E-state index is -3.72. The van der Waals surface area contributed by atoms with Crippen LogP contribution in [0.25, 0.3) is 17.4 Å². The Balaban J connectivity index is 1.61. The van der Waals surface area contributed by atoms with Gasteiger partial charge in [0.25, 0.3) is 5.91 Å². The molecule has 1 N–H and O–H groups in total. The number of hydrogen-bond acceptors (Lipinski definition) is 9. The highest BCUT2D eigenvalue weighted by Gasteiger charge is 2.42. The molecule has 0 saturated carbocycles. The molecule has 1 aromatic carbocycles. The molecule has 0 spiro atoms. The fourth-order valence-corrected chi connectivity index (χ4v) is 5.00. The first kappa shape index (κ1) is 22.7. The zero-order chi connectivity index (χ0) is 23.8. The first-order valence-corrected chi connectivity index (χ1v) is 12.3. The number of aliphatic imine (C=N–C) groups is 1. The van der Waals surface area contributed by atoms with E-state index < -0.39 is 21.7 Å². The molecule has 1 aromatic heterocycles. The lowest BCUT2D eigenvalue weighted by Gasteiger charge is -2.24. The molecule has 170 valence electrons. The van der Waals surface area contributed by atoms with E-state index in [1.54, 1.807) is 43.3 Å². The van der Waals surface area contributed by atoms with Gasteiger partial charge in [-0.2, -0.15) is 9.39 Å². The van der Waals surface area contributed by atoms with E-state index in [1.807, 2.05) is 0 Å². The monoisotopic (exact) mass is 486 g/mol. The van der Waals surface area contributed by atoms with Gasteiger partial charge in [0.05, 0.1) is 35.4 Å². The molecule has 10 nitrogen and oxygen atoms in total. The fourth-order valence-electron chi connectivity index (χ4n) is 3.04. The molecular weight excluding hydrogens is 468 g/mol. The number of sulfone groups is 1. The molecule has 33 heavy (non-hydrogen) atoms. The van der Waals surface area contributed by atoms with Gasteiger partial charge in [0.15, 0.2) is 0 Å². The van der Waals surface area contributed by atoms with Gasteiger partial charge in [-0.3, -0.25) is 10.2 Å². The van der Waals surface area contributed by atoms with Gasteiger partial charge in [0.1, 0.15) is 17.4 Å². The van der Waals surface area contributed by atoms with Gasteiger partial charge >= 0.3 is 5.97 Å². The number of benzene rings is 1. The molecule has 0 saturated heterocycles. The van der Waals surface area contributed by atoms with Gasteiger partial charge < -0.3 is 9.15 Å². The van der Waals surface area contributed by atoms with Crippen molar-refractivity contribution in [2.75, 3.05) is 12.4 Å². The van der Waals surface area contributed by atoms with Crippen molar-refractivity contribution in [1.29, 1.82) is 5.41 Å². The predicted octanol–water partition coefficient (Wildman–Crippen LogP) is 3.13. The Labute approximate surface area is 193 Å². The highest BCUT2D eigenvalue weighted by molar-refractivity contribution is 8.16. The Morgan fingerprint density at radius 2 is 1.94 bits per heavy atom. The van der Waals surface area contributed by atoms with Crippen molar-refractivity contribution in [1.82, 2.24) is 4.90 Å². The van der Waals surface area contributed by atoms with Crippen LogP contribution in [0.15, 0.2) is 55.8 Å². The molecule has 3 heterocycles. The quantitative estimate of drug-likeness (QED) is 0.386. The molecule has 0 radical (unpaired) electrons. The van der Waals surface area contributed by atoms with Gasteiger partial charge in [-0.1, -0.05) is 19.1 Å². The van der Waals surface area contributed by atoms with Crippen molar-refractivity contribution in [3.63, 3.8) is 0 Å². The van der Waals surface area contributed by atoms with Crippen molar-refractivity contribution in [3.05, 3.63) is 53.3 Å². The highest BCUT2D eigenvalue weighted by atomic mass is 32.2. The van der Waals surface area contributed by atoms with E-state index in [9.17, 15) is 18.0 Å². The van der Waals surface area contributed by atoms with Crippen molar-refractivity contribution < 1.29 is 27.2 Å². The largest absolute Gasteiger partial charge is 0.462 e. The Morgan fingerprint density at radius 1 is 1.21 bits per heavy atom. The minimum absolute atomic E-state index is 0.0241. The minimum Gasteiger partial charge on any atom is -0.462 e. The first-order valence-electron chi connectivity index (χ1n) is 9.84. The number of nitrogens with zero attached hydrogens (tertiary/aromatic N) is 3. The van der Waals surface area contributed by atoms with Gasteiger partial charge in [0.2, 0.25) is 20.2 Å². The number of furan rings is 1. The molecule has 2 aliphatic rings. The van der Waals surface area contributed by atoms with Crippen LogP contribution in [0, 0.1) is 5.41 Å². The summed E-state index contributed by atoms with van der Waals surface area (Å²) in [6.07, 6.45) is 1.33. The number of rotatable bonds is 5. The van der Waals surface area contributed by atoms with E-state index >= 15 is 0 Å². The maximum absolute atomic E-state index is 12.5. The van der Waals surface area contributed by atoms with Crippen molar-refractivity contribution >= 4 is 55.9 Å². The summed E-state index contributed by atoms with van der Waals surface area (Å²) in [6.45, 7) is 3.48. The van der Waals surface area contributed by atoms with Crippen molar-refractivity contribution in [2.24, 2.45) is 9.39 Å². The smallest absolute Gasteiger partial charge is 0.338 e. The van der Waals surface area contributed by atoms with Gasteiger partial charge in [-0.25, -0.2) is 18.1 Å². The summed E-state index contributed by atoms with van der Waals surface area (Å²) >= 11 is 0.739. The lowest BCUT2D eigenvalue weighted by atomic mass is 10.1. The molecule has 2 aliphatic heterocycles. The summed E-state index contributed by atoms with van der Waals surface area (Å²) < 4.78 is 39.3. The van der Waals surface area contributed by atoms with Crippen molar-refractivity contribution in [2.45, 2.75) is 13.8 Å². The second-order valence-electron chi connectivity index (χ2n) is 6.81. The summed E-state index contributed by atoms with van der Waals surface area (Å²) in [6, 6.07) is 9.92. The number of carbonyl (C=O) groups is 2. The summed E-state index contributed by atoms with van der Waals surface area (Å²) in [5.74, 6) is -0.911. The molecule has 2 aromatic rings. The molecule has 1 amide bonds. The zero-order valence-corrected chi connectivity index (χ0v) is 19.2. The normalized spacial score (nSPS) is 17.2. The van der Waals surface area contributed by atoms with Crippen LogP contribution in [0.4, 0.5) is 0 Å². The van der Waals surface area contributed by atoms with E-state index in [1.165, 1.54) is 13.0 Å². The number of amides is 1. The Bertz CT molecular complexity index is 1350. The summed E-state index contributed by atoms with van der Waals surface area (Å²) in [7, 11) is -3.72. The fraction of sp³-hybridized carbons (Fsp3) is 0.190. The van der Waals surface area contributed by atoms with Crippen molar-refractivity contribution in [3.8, 4) is 11.3 Å². The predicted molar refractivity (Wildman–Crippen MR) is 125 cm³/mol. The average molecular weight is 487 g/mol. The molecule has 0 unspecified atom stereocenters. The third kappa shape index (κ3) is 4.26. The summed E-state index contributed by atoms with van der Waals surface area (Å²) in [4.78, 5) is 29.2. The Morgan fingerprint density at radius 3 is 2.61 bits per heavy atom. The third-order valence-corrected chi connectivity index (χ3v) is 7.15. The highest BCUT2D eigenvalue weighted by Crippen LogP contribution is 2.31. The molecule has 4 rings (SSSR count). The van der Waals surface area contributed by atoms with Crippen LogP contribution in [-0.4, -0.2) is 53.7 Å². The van der Waals surface area contributed by atoms with Gasteiger partial charge in [-0.05, 0) is 37.3 Å². The third-order valence-electron chi connectivity index (χ3n) is 4.75. The van der Waals surface area contributed by atoms with Crippen LogP contribution in [0.2, 0.25) is 0 Å². The lowest BCUT2D eigenvalue weighted by molar-refractivity contribution is -0.114. The second kappa shape index (κ2) is 8.79. The Kier molecular flexibility index (Phi) is 6.04. The number of ether oxygens (including phenoxy) is 1. The van der Waals surface area contributed by atoms with Gasteiger partial charge in [-0.15, -0.1) is 0 Å². The Hall–Kier alpha value is -3.51. The van der Waals surface area contributed by atoms with Crippen LogP contribution >= 0.6 is 11.9 Å². The SMILES string of the molecule is CCOC(=O)c1ccc(-c2ccc(C=C3C(=N)N4C(=NC3=O)SN=C4S(=O)(=O)CC)o2)cc1. The van der Waals surface area contributed by atoms with Crippen LogP contribution in [0.1, 0.15) is 30.0 Å². The van der Waals surface area contributed by atoms with E-state index in [-0.39, 0.29) is 39.9 Å². The average Bonchev–Trinajstić information content (AvgIpc) is 3.44. The van der Waals surface area contributed by atoms with Crippen LogP contribution < -0.4 is 0 Å². The maximum Gasteiger partial charge on any atom is 0.338 e. The van der Waals surface area contributed by atoms with Crippen LogP contribution in [0.5, 0.6) is 0 Å². The standard InChI is InChI=1S/C21H18N4O6S2/c1-3-30-19(27)13-7-5-12(6-8-13)16-10-9-14(31-16)11-15-17(22)25-20(23-18(15)26)32-24-21(25)33(28,29)4-2/h5-11,22H,3-4H2,1-2H3. The number of nitrogens with one attached hydrogen (secondary N) is 1. The molecule has 0 fully saturated rings. The van der Waals surface area contributed by atoms with E-state index in [0.29, 0.717) is 16.9 Å². The number of fused-ring (bicyclic) bond motifs is 1. The maximum atomic E-state index is 12.5. The van der Waals surface area contributed by atoms with E-state index in [4.69, 9.17) is 14.6 Å². The number of hydrogen-bond donors (Lipinski definition) is 1. The summed E-state index contributed by atoms with van der Waals surface area (Å²) in [5, 5.41) is 8.12. The first-order chi connectivity index (χ1) is 15.7. The summed E-state index contributed by atoms with van der Waals surface area (Å²) in [5.41, 5.74) is 0.976. The lowest BCUT2D eigenvalue weighted by Crippen LogP contribution is -2.45. The number of esters is 1.